The fourth-order valence-electron chi connectivity index (χ4n) is 3.91. The molecule has 0 saturated carbocycles. The van der Waals surface area contributed by atoms with Crippen LogP contribution in [0.2, 0.25) is 0 Å². The van der Waals surface area contributed by atoms with Gasteiger partial charge >= 0.3 is 6.03 Å². The largest absolute Gasteiger partial charge is 0.497 e. The van der Waals surface area contributed by atoms with E-state index in [0.717, 1.165) is 5.56 Å². The van der Waals surface area contributed by atoms with Gasteiger partial charge in [-0.1, -0.05) is 29.8 Å². The lowest BCUT2D eigenvalue weighted by Gasteiger charge is -2.35. The van der Waals surface area contributed by atoms with Gasteiger partial charge in [0.05, 0.1) is 18.0 Å². The summed E-state index contributed by atoms with van der Waals surface area (Å²) < 4.78 is 32.6. The van der Waals surface area contributed by atoms with Crippen LogP contribution in [0.25, 0.3) is 0 Å². The van der Waals surface area contributed by atoms with E-state index in [0.29, 0.717) is 38.5 Å². The average Bonchev–Trinajstić information content (AvgIpc) is 3.04. The predicted octanol–water partition coefficient (Wildman–Crippen LogP) is 2.31. The minimum Gasteiger partial charge on any atom is -0.497 e. The highest BCUT2D eigenvalue weighted by molar-refractivity contribution is 7.89. The molecule has 2 aromatic carbocycles. The fraction of sp³-hybridized carbons (Fsp3) is 0.381. The number of hydrogen-bond acceptors (Lipinski definition) is 4. The van der Waals surface area contributed by atoms with E-state index in [-0.39, 0.29) is 17.0 Å². The number of carbonyl (C=O) groups is 1. The van der Waals surface area contributed by atoms with Crippen molar-refractivity contribution in [1.82, 2.24) is 14.1 Å². The molecule has 0 aromatic heterocycles. The van der Waals surface area contributed by atoms with Gasteiger partial charge in [0, 0.05) is 32.7 Å². The number of piperazine rings is 1. The molecule has 2 aromatic rings. The van der Waals surface area contributed by atoms with Crippen LogP contribution in [0.3, 0.4) is 0 Å². The summed E-state index contributed by atoms with van der Waals surface area (Å²) in [7, 11) is -2.06. The SMILES string of the molecule is COc1ccc(S(=O)(=O)N2CCN3C(=O)N(Cc4ccc(C)cc4)C[C@H]3C2)cc1. The molecule has 0 aliphatic carbocycles. The average molecular weight is 416 g/mol. The molecular formula is C21H25N3O4S. The van der Waals surface area contributed by atoms with Gasteiger partial charge in [-0.05, 0) is 36.8 Å². The Kier molecular flexibility index (Phi) is 5.23. The summed E-state index contributed by atoms with van der Waals surface area (Å²) in [6.07, 6.45) is 0. The molecule has 0 unspecified atom stereocenters. The number of rotatable bonds is 5. The lowest BCUT2D eigenvalue weighted by molar-refractivity contribution is 0.159. The first-order chi connectivity index (χ1) is 13.9. The quantitative estimate of drug-likeness (QED) is 0.752. The number of methoxy groups -OCH3 is 1. The van der Waals surface area contributed by atoms with E-state index >= 15 is 0 Å². The molecule has 154 valence electrons. The number of sulfonamides is 1. The van der Waals surface area contributed by atoms with Gasteiger partial charge in [0.15, 0.2) is 0 Å². The minimum atomic E-state index is -3.60. The molecule has 2 heterocycles. The van der Waals surface area contributed by atoms with Crippen LogP contribution in [-0.2, 0) is 16.6 Å². The molecule has 2 amide bonds. The van der Waals surface area contributed by atoms with Gasteiger partial charge in [0.1, 0.15) is 5.75 Å². The van der Waals surface area contributed by atoms with E-state index < -0.39 is 10.0 Å². The monoisotopic (exact) mass is 415 g/mol. The molecule has 0 spiro atoms. The van der Waals surface area contributed by atoms with Gasteiger partial charge in [0.25, 0.3) is 0 Å². The van der Waals surface area contributed by atoms with Gasteiger partial charge in [-0.3, -0.25) is 0 Å². The van der Waals surface area contributed by atoms with E-state index in [1.165, 1.54) is 9.87 Å². The zero-order valence-corrected chi connectivity index (χ0v) is 17.4. The Morgan fingerprint density at radius 1 is 1.00 bits per heavy atom. The van der Waals surface area contributed by atoms with Gasteiger partial charge in [-0.2, -0.15) is 4.31 Å². The third kappa shape index (κ3) is 3.82. The van der Waals surface area contributed by atoms with Crippen LogP contribution in [-0.4, -0.2) is 67.9 Å². The number of carbonyl (C=O) groups excluding carboxylic acids is 1. The minimum absolute atomic E-state index is 0.0166. The van der Waals surface area contributed by atoms with Gasteiger partial charge in [-0.25, -0.2) is 13.2 Å². The Morgan fingerprint density at radius 3 is 2.34 bits per heavy atom. The molecule has 2 saturated heterocycles. The maximum atomic E-state index is 13.0. The number of amides is 2. The Morgan fingerprint density at radius 2 is 1.69 bits per heavy atom. The van der Waals surface area contributed by atoms with Gasteiger partial charge in [0.2, 0.25) is 10.0 Å². The van der Waals surface area contributed by atoms with Gasteiger partial charge in [-0.15, -0.1) is 0 Å². The fourth-order valence-corrected chi connectivity index (χ4v) is 5.38. The highest BCUT2D eigenvalue weighted by Crippen LogP contribution is 2.27. The number of urea groups is 1. The van der Waals surface area contributed by atoms with Gasteiger partial charge < -0.3 is 14.5 Å². The van der Waals surface area contributed by atoms with E-state index in [1.807, 2.05) is 31.2 Å². The molecule has 2 aliphatic heterocycles. The third-order valence-electron chi connectivity index (χ3n) is 5.58. The maximum Gasteiger partial charge on any atom is 0.320 e. The molecule has 0 bridgehead atoms. The molecule has 7 nitrogen and oxygen atoms in total. The van der Waals surface area contributed by atoms with E-state index in [2.05, 4.69) is 0 Å². The number of aryl methyl sites for hydroxylation is 1. The maximum absolute atomic E-state index is 13.0. The van der Waals surface area contributed by atoms with Crippen LogP contribution in [0.15, 0.2) is 53.4 Å². The highest BCUT2D eigenvalue weighted by atomic mass is 32.2. The predicted molar refractivity (Wildman–Crippen MR) is 109 cm³/mol. The molecule has 2 aliphatic rings. The van der Waals surface area contributed by atoms with Crippen LogP contribution in [0.5, 0.6) is 5.75 Å². The van der Waals surface area contributed by atoms with Crippen LogP contribution >= 0.6 is 0 Å². The molecule has 2 fully saturated rings. The van der Waals surface area contributed by atoms with Crippen molar-refractivity contribution in [1.29, 1.82) is 0 Å². The molecule has 1 atom stereocenters. The normalized spacial score (nSPS) is 20.1. The second kappa shape index (κ2) is 7.68. The smallest absolute Gasteiger partial charge is 0.320 e. The Hall–Kier alpha value is -2.58. The lowest BCUT2D eigenvalue weighted by Crippen LogP contribution is -2.53. The number of ether oxygens (including phenoxy) is 1. The Balaban J connectivity index is 1.46. The van der Waals surface area contributed by atoms with Crippen molar-refractivity contribution in [3.63, 3.8) is 0 Å². The first-order valence-electron chi connectivity index (χ1n) is 9.64. The second-order valence-electron chi connectivity index (χ2n) is 7.53. The molecule has 29 heavy (non-hydrogen) atoms. The third-order valence-corrected chi connectivity index (χ3v) is 7.46. The number of benzene rings is 2. The van der Waals surface area contributed by atoms with Crippen LogP contribution in [0, 0.1) is 6.92 Å². The Bertz CT molecular complexity index is 990. The number of nitrogens with zero attached hydrogens (tertiary/aromatic N) is 3. The Labute approximate surface area is 171 Å². The first kappa shape index (κ1) is 19.7. The zero-order chi connectivity index (χ0) is 20.6. The van der Waals surface area contributed by atoms with E-state index in [1.54, 1.807) is 41.2 Å². The van der Waals surface area contributed by atoms with Crippen molar-refractivity contribution in [2.24, 2.45) is 0 Å². The van der Waals surface area contributed by atoms with E-state index in [9.17, 15) is 13.2 Å². The van der Waals surface area contributed by atoms with Crippen molar-refractivity contribution in [2.75, 3.05) is 33.3 Å². The number of fused-ring (bicyclic) bond motifs is 1. The van der Waals surface area contributed by atoms with Crippen molar-refractivity contribution < 1.29 is 17.9 Å². The van der Waals surface area contributed by atoms with Crippen molar-refractivity contribution in [2.45, 2.75) is 24.4 Å². The van der Waals surface area contributed by atoms with Crippen LogP contribution in [0.1, 0.15) is 11.1 Å². The lowest BCUT2D eigenvalue weighted by atomic mass is 10.1. The van der Waals surface area contributed by atoms with E-state index in [4.69, 9.17) is 4.74 Å². The summed E-state index contributed by atoms with van der Waals surface area (Å²) in [5, 5.41) is 0. The molecular weight excluding hydrogens is 390 g/mol. The summed E-state index contributed by atoms with van der Waals surface area (Å²) in [6, 6.07) is 14.4. The highest BCUT2D eigenvalue weighted by Gasteiger charge is 2.43. The number of hydrogen-bond donors (Lipinski definition) is 0. The summed E-state index contributed by atoms with van der Waals surface area (Å²) >= 11 is 0. The summed E-state index contributed by atoms with van der Waals surface area (Å²) in [6.45, 7) is 4.12. The molecule has 4 rings (SSSR count). The topological polar surface area (TPSA) is 70.2 Å². The van der Waals surface area contributed by atoms with Crippen molar-refractivity contribution in [3.05, 3.63) is 59.7 Å². The molecule has 8 heteroatoms. The first-order valence-corrected chi connectivity index (χ1v) is 11.1. The van der Waals surface area contributed by atoms with Crippen molar-refractivity contribution >= 4 is 16.1 Å². The van der Waals surface area contributed by atoms with Crippen molar-refractivity contribution in [3.8, 4) is 5.75 Å². The second-order valence-corrected chi connectivity index (χ2v) is 9.47. The van der Waals surface area contributed by atoms with Crippen LogP contribution in [0.4, 0.5) is 4.79 Å². The summed E-state index contributed by atoms with van der Waals surface area (Å²) in [4.78, 5) is 16.6. The van der Waals surface area contributed by atoms with Crippen LogP contribution < -0.4 is 4.74 Å². The zero-order valence-electron chi connectivity index (χ0n) is 16.6. The summed E-state index contributed by atoms with van der Waals surface area (Å²) in [5.41, 5.74) is 2.25. The molecule has 0 N–H and O–H groups in total. The summed E-state index contributed by atoms with van der Waals surface area (Å²) in [5.74, 6) is 0.613. The standard InChI is InChI=1S/C21H25N3O4S/c1-16-3-5-17(6-4-16)13-22-14-18-15-23(11-12-24(18)21(22)25)29(26,27)20-9-7-19(28-2)8-10-20/h3-10,18H,11-15H2,1-2H3/t18-/m0/s1. The molecule has 0 radical (unpaired) electrons.